The minimum absolute atomic E-state index is 0.277. The molecule has 18 heavy (non-hydrogen) atoms. The van der Waals surface area contributed by atoms with Crippen molar-refractivity contribution in [2.24, 2.45) is 0 Å². The Hall–Kier alpha value is -1.35. The molecular weight excluding hydrogens is 226 g/mol. The van der Waals surface area contributed by atoms with Crippen LogP contribution in [0.1, 0.15) is 37.7 Å². The Morgan fingerprint density at radius 2 is 2.11 bits per heavy atom. The molecule has 1 aromatic rings. The Morgan fingerprint density at radius 1 is 1.39 bits per heavy atom. The van der Waals surface area contributed by atoms with Crippen LogP contribution < -0.4 is 0 Å². The van der Waals surface area contributed by atoms with Crippen molar-refractivity contribution in [1.82, 2.24) is 4.90 Å². The summed E-state index contributed by atoms with van der Waals surface area (Å²) in [7, 11) is 0. The zero-order valence-electron chi connectivity index (χ0n) is 10.9. The summed E-state index contributed by atoms with van der Waals surface area (Å²) in [5.74, 6) is -0.0903. The third kappa shape index (κ3) is 3.33. The molecule has 0 spiro atoms. The molecule has 1 heterocycles. The van der Waals surface area contributed by atoms with E-state index < -0.39 is 5.97 Å². The van der Waals surface area contributed by atoms with Crippen LogP contribution in [0.4, 0.5) is 0 Å². The van der Waals surface area contributed by atoms with Gasteiger partial charge < -0.3 is 10.0 Å². The molecule has 1 N–H and O–H groups in total. The summed E-state index contributed by atoms with van der Waals surface area (Å²) in [6.07, 6.45) is 2.21. The van der Waals surface area contributed by atoms with E-state index in [9.17, 15) is 4.79 Å². The number of aliphatic carboxylic acids is 1. The molecule has 2 unspecified atom stereocenters. The summed E-state index contributed by atoms with van der Waals surface area (Å²) in [6, 6.07) is 11.2. The smallest absolute Gasteiger partial charge is 0.303 e. The molecule has 0 aliphatic carbocycles. The van der Waals surface area contributed by atoms with Crippen LogP contribution in [0.15, 0.2) is 30.3 Å². The van der Waals surface area contributed by atoms with Crippen LogP contribution >= 0.6 is 0 Å². The van der Waals surface area contributed by atoms with E-state index in [-0.39, 0.29) is 6.42 Å². The molecule has 1 aromatic carbocycles. The summed E-state index contributed by atoms with van der Waals surface area (Å²) in [5, 5.41) is 8.66. The number of hydrogen-bond donors (Lipinski definition) is 1. The first-order valence-corrected chi connectivity index (χ1v) is 6.67. The molecule has 1 fully saturated rings. The highest BCUT2D eigenvalue weighted by Crippen LogP contribution is 2.31. The van der Waals surface area contributed by atoms with E-state index in [1.165, 1.54) is 12.0 Å². The summed E-state index contributed by atoms with van der Waals surface area (Å²) in [5.41, 5.74) is 1.41. The third-order valence-corrected chi connectivity index (χ3v) is 3.81. The molecule has 1 aliphatic rings. The maximum Gasteiger partial charge on any atom is 0.303 e. The average Bonchev–Trinajstić information content (AvgIpc) is 2.72. The highest BCUT2D eigenvalue weighted by molar-refractivity contribution is 5.66. The molecule has 3 heteroatoms. The van der Waals surface area contributed by atoms with Gasteiger partial charge in [-0.15, -0.1) is 0 Å². The van der Waals surface area contributed by atoms with Gasteiger partial charge >= 0.3 is 5.97 Å². The van der Waals surface area contributed by atoms with Crippen molar-refractivity contribution in [2.45, 2.75) is 38.1 Å². The van der Waals surface area contributed by atoms with Crippen LogP contribution in [0.3, 0.4) is 0 Å². The molecule has 2 rings (SSSR count). The van der Waals surface area contributed by atoms with Gasteiger partial charge in [0.2, 0.25) is 0 Å². The van der Waals surface area contributed by atoms with Crippen LogP contribution in [0.25, 0.3) is 0 Å². The van der Waals surface area contributed by atoms with Crippen molar-refractivity contribution in [3.8, 4) is 0 Å². The molecule has 2 atom stereocenters. The monoisotopic (exact) mass is 247 g/mol. The highest BCUT2D eigenvalue weighted by atomic mass is 16.4. The molecule has 0 bridgehead atoms. The molecular formula is C15H21NO2. The van der Waals surface area contributed by atoms with Gasteiger partial charge in [0.25, 0.3) is 0 Å². The molecule has 0 aromatic heterocycles. The van der Waals surface area contributed by atoms with Gasteiger partial charge in [0.05, 0.1) is 0 Å². The number of hydrogen-bond acceptors (Lipinski definition) is 2. The van der Waals surface area contributed by atoms with Gasteiger partial charge in [-0.2, -0.15) is 0 Å². The topological polar surface area (TPSA) is 40.5 Å². The fraction of sp³-hybridized carbons (Fsp3) is 0.533. The summed E-state index contributed by atoms with van der Waals surface area (Å²) in [6.45, 7) is 4.20. The zero-order valence-corrected chi connectivity index (χ0v) is 10.9. The lowest BCUT2D eigenvalue weighted by Crippen LogP contribution is -2.28. The lowest BCUT2D eigenvalue weighted by Gasteiger charge is -2.20. The van der Waals surface area contributed by atoms with E-state index in [2.05, 4.69) is 36.1 Å². The number of carboxylic acid groups (broad SMARTS) is 1. The molecule has 3 nitrogen and oxygen atoms in total. The van der Waals surface area contributed by atoms with Crippen LogP contribution in [-0.2, 0) is 4.79 Å². The standard InChI is InChI=1S/C15H21NO2/c1-12-10-14(13-6-3-2-4-7-13)11-16(12)9-5-8-15(17)18/h2-4,6-7,12,14H,5,8-11H2,1H3,(H,17,18). The van der Waals surface area contributed by atoms with Crippen molar-refractivity contribution in [2.75, 3.05) is 13.1 Å². The second kappa shape index (κ2) is 6.01. The second-order valence-corrected chi connectivity index (χ2v) is 5.18. The Labute approximate surface area is 108 Å². The number of likely N-dealkylation sites (tertiary alicyclic amines) is 1. The number of carbonyl (C=O) groups is 1. The van der Waals surface area contributed by atoms with Gasteiger partial charge in [0.15, 0.2) is 0 Å². The Bertz CT molecular complexity index is 391. The van der Waals surface area contributed by atoms with Crippen molar-refractivity contribution >= 4 is 5.97 Å². The molecule has 1 aliphatic heterocycles. The van der Waals surface area contributed by atoms with Crippen molar-refractivity contribution in [3.63, 3.8) is 0 Å². The minimum Gasteiger partial charge on any atom is -0.481 e. The third-order valence-electron chi connectivity index (χ3n) is 3.81. The van der Waals surface area contributed by atoms with Crippen LogP contribution in [0, 0.1) is 0 Å². The Balaban J connectivity index is 1.87. The lowest BCUT2D eigenvalue weighted by atomic mass is 9.97. The zero-order chi connectivity index (χ0) is 13.0. The summed E-state index contributed by atoms with van der Waals surface area (Å²) in [4.78, 5) is 12.9. The van der Waals surface area contributed by atoms with Gasteiger partial charge in [-0.25, -0.2) is 0 Å². The van der Waals surface area contributed by atoms with Gasteiger partial charge in [-0.05, 0) is 37.8 Å². The number of benzene rings is 1. The van der Waals surface area contributed by atoms with Gasteiger partial charge in [0, 0.05) is 19.0 Å². The number of rotatable bonds is 5. The lowest BCUT2D eigenvalue weighted by molar-refractivity contribution is -0.137. The van der Waals surface area contributed by atoms with Crippen LogP contribution in [-0.4, -0.2) is 35.1 Å². The van der Waals surface area contributed by atoms with Crippen molar-refractivity contribution in [3.05, 3.63) is 35.9 Å². The summed E-state index contributed by atoms with van der Waals surface area (Å²) >= 11 is 0. The fourth-order valence-electron chi connectivity index (χ4n) is 2.81. The molecule has 98 valence electrons. The number of nitrogens with zero attached hydrogens (tertiary/aromatic N) is 1. The van der Waals surface area contributed by atoms with Crippen LogP contribution in [0.2, 0.25) is 0 Å². The van der Waals surface area contributed by atoms with E-state index in [1.54, 1.807) is 0 Å². The van der Waals surface area contributed by atoms with Crippen molar-refractivity contribution in [1.29, 1.82) is 0 Å². The first kappa shape index (κ1) is 13.1. The SMILES string of the molecule is CC1CC(c2ccccc2)CN1CCCC(=O)O. The minimum atomic E-state index is -0.693. The van der Waals surface area contributed by atoms with E-state index >= 15 is 0 Å². The van der Waals surface area contributed by atoms with Crippen LogP contribution in [0.5, 0.6) is 0 Å². The van der Waals surface area contributed by atoms with Gasteiger partial charge in [0.1, 0.15) is 0 Å². The normalized spacial score (nSPS) is 24.3. The fourth-order valence-corrected chi connectivity index (χ4v) is 2.81. The largest absolute Gasteiger partial charge is 0.481 e. The Kier molecular flexibility index (Phi) is 4.37. The second-order valence-electron chi connectivity index (χ2n) is 5.18. The highest BCUT2D eigenvalue weighted by Gasteiger charge is 2.29. The predicted octanol–water partition coefficient (Wildman–Crippen LogP) is 2.73. The molecule has 0 radical (unpaired) electrons. The van der Waals surface area contributed by atoms with E-state index in [0.717, 1.165) is 19.5 Å². The van der Waals surface area contributed by atoms with Gasteiger partial charge in [-0.3, -0.25) is 4.79 Å². The number of carboxylic acids is 1. The maximum absolute atomic E-state index is 10.5. The van der Waals surface area contributed by atoms with Crippen molar-refractivity contribution < 1.29 is 9.90 Å². The quantitative estimate of drug-likeness (QED) is 0.869. The summed E-state index contributed by atoms with van der Waals surface area (Å²) < 4.78 is 0. The first-order valence-electron chi connectivity index (χ1n) is 6.67. The molecule has 1 saturated heterocycles. The van der Waals surface area contributed by atoms with Gasteiger partial charge in [-0.1, -0.05) is 30.3 Å². The van der Waals surface area contributed by atoms with E-state index in [4.69, 9.17) is 5.11 Å². The Morgan fingerprint density at radius 3 is 2.78 bits per heavy atom. The average molecular weight is 247 g/mol. The molecule has 0 amide bonds. The first-order chi connectivity index (χ1) is 8.66. The molecule has 0 saturated carbocycles. The predicted molar refractivity (Wildman–Crippen MR) is 71.7 cm³/mol. The maximum atomic E-state index is 10.5. The van der Waals surface area contributed by atoms with E-state index in [0.29, 0.717) is 12.0 Å². The van der Waals surface area contributed by atoms with E-state index in [1.807, 2.05) is 6.07 Å².